The molecule has 0 atom stereocenters. The standard InChI is InChI=1S/C18H24N4O4S/c1-12-18(11-22(20-12)15-6-4-5-7-15)27(24,25)21-16-10-14(19-13(2)23)8-9-17(16)26-3/h8-11,15,21H,4-7H2,1-3H3,(H,19,23). The second-order valence-electron chi connectivity index (χ2n) is 6.70. The fourth-order valence-electron chi connectivity index (χ4n) is 3.35. The van der Waals surface area contributed by atoms with Crippen LogP contribution in [0.5, 0.6) is 5.75 Å². The molecule has 1 aromatic heterocycles. The average molecular weight is 392 g/mol. The van der Waals surface area contributed by atoms with E-state index in [1.165, 1.54) is 20.1 Å². The van der Waals surface area contributed by atoms with Gasteiger partial charge in [0, 0.05) is 18.8 Å². The van der Waals surface area contributed by atoms with Gasteiger partial charge in [-0.05, 0) is 38.0 Å². The van der Waals surface area contributed by atoms with E-state index in [1.54, 1.807) is 29.9 Å². The van der Waals surface area contributed by atoms with Gasteiger partial charge in [0.25, 0.3) is 10.0 Å². The number of carbonyl (C=O) groups excluding carboxylic acids is 1. The third-order valence-electron chi connectivity index (χ3n) is 4.62. The number of carbonyl (C=O) groups is 1. The van der Waals surface area contributed by atoms with Gasteiger partial charge in [-0.1, -0.05) is 12.8 Å². The minimum absolute atomic E-state index is 0.140. The third kappa shape index (κ3) is 4.24. The number of hydrogen-bond acceptors (Lipinski definition) is 5. The summed E-state index contributed by atoms with van der Waals surface area (Å²) in [7, 11) is -2.40. The molecule has 0 spiro atoms. The van der Waals surface area contributed by atoms with E-state index in [1.807, 2.05) is 0 Å². The van der Waals surface area contributed by atoms with Crippen LogP contribution >= 0.6 is 0 Å². The monoisotopic (exact) mass is 392 g/mol. The Hall–Kier alpha value is -2.55. The van der Waals surface area contributed by atoms with Crippen LogP contribution in [0.15, 0.2) is 29.3 Å². The molecule has 9 heteroatoms. The number of nitrogens with one attached hydrogen (secondary N) is 2. The molecule has 1 amide bonds. The van der Waals surface area contributed by atoms with E-state index in [0.717, 1.165) is 25.7 Å². The molecule has 0 unspecified atom stereocenters. The van der Waals surface area contributed by atoms with Gasteiger partial charge < -0.3 is 10.1 Å². The van der Waals surface area contributed by atoms with Crippen molar-refractivity contribution in [2.75, 3.05) is 17.1 Å². The summed E-state index contributed by atoms with van der Waals surface area (Å²) in [5.41, 5.74) is 1.17. The van der Waals surface area contributed by atoms with Crippen LogP contribution in [0, 0.1) is 6.92 Å². The predicted molar refractivity (Wildman–Crippen MR) is 103 cm³/mol. The van der Waals surface area contributed by atoms with E-state index in [4.69, 9.17) is 4.74 Å². The molecule has 3 rings (SSSR count). The summed E-state index contributed by atoms with van der Waals surface area (Å²) in [4.78, 5) is 11.4. The fraction of sp³-hybridized carbons (Fsp3) is 0.444. The Bertz CT molecular complexity index is 946. The molecule has 1 heterocycles. The van der Waals surface area contributed by atoms with Gasteiger partial charge in [-0.3, -0.25) is 14.2 Å². The molecular weight excluding hydrogens is 368 g/mol. The molecular formula is C18H24N4O4S. The minimum atomic E-state index is -3.86. The number of sulfonamides is 1. The van der Waals surface area contributed by atoms with Crippen molar-refractivity contribution in [3.05, 3.63) is 30.1 Å². The Balaban J connectivity index is 1.91. The number of rotatable bonds is 6. The average Bonchev–Trinajstić information content (AvgIpc) is 3.23. The molecule has 1 aromatic carbocycles. The quantitative estimate of drug-likeness (QED) is 0.786. The lowest BCUT2D eigenvalue weighted by molar-refractivity contribution is -0.114. The highest BCUT2D eigenvalue weighted by atomic mass is 32.2. The number of nitrogens with zero attached hydrogens (tertiary/aromatic N) is 2. The Morgan fingerprint density at radius 3 is 2.63 bits per heavy atom. The maximum absolute atomic E-state index is 12.9. The van der Waals surface area contributed by atoms with Crippen LogP contribution in [0.1, 0.15) is 44.3 Å². The SMILES string of the molecule is COc1ccc(NC(C)=O)cc1NS(=O)(=O)c1cn(C2CCCC2)nc1C. The van der Waals surface area contributed by atoms with Crippen molar-refractivity contribution in [2.24, 2.45) is 0 Å². The number of benzene rings is 1. The molecule has 2 aromatic rings. The van der Waals surface area contributed by atoms with Crippen LogP contribution < -0.4 is 14.8 Å². The Morgan fingerprint density at radius 1 is 1.30 bits per heavy atom. The van der Waals surface area contributed by atoms with Gasteiger partial charge in [0.15, 0.2) is 0 Å². The predicted octanol–water partition coefficient (Wildman–Crippen LogP) is 3.07. The molecule has 0 bridgehead atoms. The van der Waals surface area contributed by atoms with Gasteiger partial charge in [-0.15, -0.1) is 0 Å². The Kier molecular flexibility index (Phi) is 5.41. The molecule has 2 N–H and O–H groups in total. The normalized spacial score (nSPS) is 14.9. The maximum Gasteiger partial charge on any atom is 0.265 e. The molecule has 8 nitrogen and oxygen atoms in total. The van der Waals surface area contributed by atoms with Crippen LogP contribution in [0.2, 0.25) is 0 Å². The second-order valence-corrected chi connectivity index (χ2v) is 8.35. The number of anilines is 2. The van der Waals surface area contributed by atoms with E-state index >= 15 is 0 Å². The summed E-state index contributed by atoms with van der Waals surface area (Å²) in [5, 5.41) is 7.04. The fourth-order valence-corrected chi connectivity index (χ4v) is 4.59. The number of amides is 1. The molecule has 0 saturated heterocycles. The highest BCUT2D eigenvalue weighted by molar-refractivity contribution is 7.92. The lowest BCUT2D eigenvalue weighted by atomic mass is 10.2. The van der Waals surface area contributed by atoms with Crippen LogP contribution in [0.4, 0.5) is 11.4 Å². The van der Waals surface area contributed by atoms with Gasteiger partial charge >= 0.3 is 0 Å². The molecule has 0 aliphatic heterocycles. The van der Waals surface area contributed by atoms with Crippen molar-refractivity contribution < 1.29 is 17.9 Å². The van der Waals surface area contributed by atoms with E-state index in [0.29, 0.717) is 17.1 Å². The summed E-state index contributed by atoms with van der Waals surface area (Å²) < 4.78 is 35.5. The van der Waals surface area contributed by atoms with E-state index in [9.17, 15) is 13.2 Å². The van der Waals surface area contributed by atoms with Crippen LogP contribution in [0.3, 0.4) is 0 Å². The van der Waals surface area contributed by atoms with E-state index in [-0.39, 0.29) is 22.5 Å². The molecule has 0 radical (unpaired) electrons. The van der Waals surface area contributed by atoms with Gasteiger partial charge in [-0.25, -0.2) is 8.42 Å². The van der Waals surface area contributed by atoms with Crippen molar-refractivity contribution in [2.45, 2.75) is 50.5 Å². The number of aryl methyl sites for hydroxylation is 1. The number of ether oxygens (including phenoxy) is 1. The first-order valence-electron chi connectivity index (χ1n) is 8.84. The molecule has 1 aliphatic carbocycles. The molecule has 146 valence electrons. The van der Waals surface area contributed by atoms with Gasteiger partial charge in [-0.2, -0.15) is 5.10 Å². The maximum atomic E-state index is 12.9. The smallest absolute Gasteiger partial charge is 0.265 e. The Morgan fingerprint density at radius 2 is 2.00 bits per heavy atom. The van der Waals surface area contributed by atoms with Crippen molar-refractivity contribution in [1.82, 2.24) is 9.78 Å². The molecule has 27 heavy (non-hydrogen) atoms. The van der Waals surface area contributed by atoms with Crippen LogP contribution in [-0.4, -0.2) is 31.2 Å². The molecule has 1 fully saturated rings. The zero-order valence-electron chi connectivity index (χ0n) is 15.7. The van der Waals surface area contributed by atoms with Crippen molar-refractivity contribution in [3.8, 4) is 5.75 Å². The number of hydrogen-bond donors (Lipinski definition) is 2. The zero-order valence-corrected chi connectivity index (χ0v) is 16.5. The Labute approximate surface area is 159 Å². The third-order valence-corrected chi connectivity index (χ3v) is 6.09. The highest BCUT2D eigenvalue weighted by Crippen LogP contribution is 2.32. The summed E-state index contributed by atoms with van der Waals surface area (Å²) in [5.74, 6) is 0.108. The first kappa shape index (κ1) is 19.2. The summed E-state index contributed by atoms with van der Waals surface area (Å²) in [6, 6.07) is 5.01. The minimum Gasteiger partial charge on any atom is -0.495 e. The summed E-state index contributed by atoms with van der Waals surface area (Å²) >= 11 is 0. The van der Waals surface area contributed by atoms with Crippen molar-refractivity contribution in [1.29, 1.82) is 0 Å². The van der Waals surface area contributed by atoms with Crippen molar-refractivity contribution >= 4 is 27.3 Å². The van der Waals surface area contributed by atoms with Gasteiger partial charge in [0.1, 0.15) is 10.6 Å². The van der Waals surface area contributed by atoms with Gasteiger partial charge in [0.2, 0.25) is 5.91 Å². The van der Waals surface area contributed by atoms with Crippen LogP contribution in [0.25, 0.3) is 0 Å². The van der Waals surface area contributed by atoms with Crippen LogP contribution in [-0.2, 0) is 14.8 Å². The molecule has 1 saturated carbocycles. The summed E-state index contributed by atoms with van der Waals surface area (Å²) in [6.45, 7) is 3.07. The number of methoxy groups -OCH3 is 1. The van der Waals surface area contributed by atoms with E-state index < -0.39 is 10.0 Å². The first-order valence-corrected chi connectivity index (χ1v) is 10.3. The highest BCUT2D eigenvalue weighted by Gasteiger charge is 2.25. The van der Waals surface area contributed by atoms with E-state index in [2.05, 4.69) is 15.1 Å². The van der Waals surface area contributed by atoms with Crippen molar-refractivity contribution in [3.63, 3.8) is 0 Å². The topological polar surface area (TPSA) is 102 Å². The second kappa shape index (κ2) is 7.59. The summed E-state index contributed by atoms with van der Waals surface area (Å²) in [6.07, 6.45) is 5.90. The number of aromatic nitrogens is 2. The largest absolute Gasteiger partial charge is 0.495 e. The first-order chi connectivity index (χ1) is 12.8. The molecule has 1 aliphatic rings. The lowest BCUT2D eigenvalue weighted by Gasteiger charge is -2.13. The van der Waals surface area contributed by atoms with Gasteiger partial charge in [0.05, 0.1) is 24.5 Å². The lowest BCUT2D eigenvalue weighted by Crippen LogP contribution is -2.15. The zero-order chi connectivity index (χ0) is 19.6.